The predicted molar refractivity (Wildman–Crippen MR) is 61.5 cm³/mol. The van der Waals surface area contributed by atoms with Crippen molar-refractivity contribution >= 4 is 26.8 Å². The Morgan fingerprint density at radius 1 is 1.50 bits per heavy atom. The highest BCUT2D eigenvalue weighted by molar-refractivity contribution is 8.00. The molecule has 0 aromatic rings. The summed E-state index contributed by atoms with van der Waals surface area (Å²) in [6, 6.07) is 0.197. The van der Waals surface area contributed by atoms with Crippen LogP contribution in [0.5, 0.6) is 0 Å². The van der Waals surface area contributed by atoms with E-state index in [9.17, 15) is 5.11 Å². The first-order valence-electron chi connectivity index (χ1n) is 3.77. The maximum atomic E-state index is 9.40. The van der Waals surface area contributed by atoms with Crippen molar-refractivity contribution in [2.75, 3.05) is 7.05 Å². The lowest BCUT2D eigenvalue weighted by Gasteiger charge is -2.30. The Bertz CT molecular complexity index is 123. The molecule has 74 valence electrons. The molecule has 0 aliphatic carbocycles. The molecule has 0 fully saturated rings. The van der Waals surface area contributed by atoms with Crippen LogP contribution in [0.1, 0.15) is 13.8 Å². The largest absolute Gasteiger partial charge is 0.391 e. The Morgan fingerprint density at radius 2 is 2.00 bits per heavy atom. The lowest BCUT2D eigenvalue weighted by Crippen LogP contribution is -2.40. The minimum absolute atomic E-state index is 0.122. The Hall–Kier alpha value is 1.17. The summed E-state index contributed by atoms with van der Waals surface area (Å²) in [6.45, 7) is 3.77. The smallest absolute Gasteiger partial charge is 0.103 e. The summed E-state index contributed by atoms with van der Waals surface area (Å²) in [5.41, 5.74) is 0. The second kappa shape index (κ2) is 6.60. The first kappa shape index (κ1) is 13.2. The molecular weight excluding hydrogens is 211 g/mol. The van der Waals surface area contributed by atoms with Crippen LogP contribution < -0.4 is 0 Å². The molecule has 0 aromatic carbocycles. The molecule has 6 unspecified atom stereocenters. The molecule has 6 atom stereocenters. The van der Waals surface area contributed by atoms with E-state index in [1.165, 1.54) is 0 Å². The molecule has 6 heteroatoms. The molecule has 3 nitrogen and oxygen atoms in total. The van der Waals surface area contributed by atoms with Gasteiger partial charge >= 0.3 is 0 Å². The second-order valence-corrected chi connectivity index (χ2v) is 4.84. The van der Waals surface area contributed by atoms with Gasteiger partial charge in [0.25, 0.3) is 0 Å². The summed E-state index contributed by atoms with van der Waals surface area (Å²) in [5.74, 6) is 0. The second-order valence-electron chi connectivity index (χ2n) is 2.85. The zero-order valence-electron chi connectivity index (χ0n) is 7.69. The van der Waals surface area contributed by atoms with Gasteiger partial charge < -0.3 is 9.63 Å². The average molecular weight is 229 g/mol. The van der Waals surface area contributed by atoms with E-state index in [0.29, 0.717) is 8.50 Å². The lowest BCUT2D eigenvalue weighted by molar-refractivity contribution is 0.0269. The van der Waals surface area contributed by atoms with E-state index in [1.807, 2.05) is 18.6 Å². The van der Waals surface area contributed by atoms with Crippen LogP contribution >= 0.6 is 26.8 Å². The van der Waals surface area contributed by atoms with Crippen molar-refractivity contribution in [3.8, 4) is 0 Å². The fourth-order valence-corrected chi connectivity index (χ4v) is 2.10. The first-order valence-corrected chi connectivity index (χ1v) is 7.01. The minimum Gasteiger partial charge on any atom is -0.391 e. The third-order valence-corrected chi connectivity index (χ3v) is 3.08. The number of hydrogen-bond acceptors (Lipinski definition) is 3. The Balaban J connectivity index is 4.09. The molecule has 0 aromatic heterocycles. The van der Waals surface area contributed by atoms with Gasteiger partial charge in [0.1, 0.15) is 6.10 Å². The molecule has 0 aliphatic rings. The van der Waals surface area contributed by atoms with Crippen LogP contribution in [0.2, 0.25) is 0 Å². The summed E-state index contributed by atoms with van der Waals surface area (Å²) >= 11 is 0. The molecular formula is C6H18NO2P3. The summed E-state index contributed by atoms with van der Waals surface area (Å²) in [6.07, 6.45) is -0.556. The van der Waals surface area contributed by atoms with Crippen molar-refractivity contribution in [1.29, 1.82) is 0 Å². The fraction of sp³-hybridized carbons (Fsp3) is 1.00. The Morgan fingerprint density at radius 3 is 2.25 bits per heavy atom. The zero-order chi connectivity index (χ0) is 9.72. The van der Waals surface area contributed by atoms with Crippen LogP contribution in [0.4, 0.5) is 0 Å². The lowest BCUT2D eigenvalue weighted by atomic mass is 10.1. The van der Waals surface area contributed by atoms with Gasteiger partial charge in [-0.25, -0.2) is 0 Å². The number of aliphatic hydroxyl groups is 1. The van der Waals surface area contributed by atoms with E-state index < -0.39 is 6.10 Å². The average Bonchev–Trinajstić information content (AvgIpc) is 1.98. The van der Waals surface area contributed by atoms with Crippen LogP contribution in [0, 0.1) is 0 Å². The molecule has 12 heavy (non-hydrogen) atoms. The van der Waals surface area contributed by atoms with Crippen molar-refractivity contribution in [2.24, 2.45) is 0 Å². The quantitative estimate of drug-likeness (QED) is 0.720. The maximum absolute atomic E-state index is 9.40. The Kier molecular flexibility index (Phi) is 7.24. The number of aliphatic hydroxyl groups excluding tert-OH is 1. The molecule has 0 radical (unpaired) electrons. The minimum atomic E-state index is -0.434. The van der Waals surface area contributed by atoms with Crippen LogP contribution in [-0.4, -0.2) is 35.1 Å². The van der Waals surface area contributed by atoms with E-state index in [1.54, 1.807) is 6.92 Å². The number of likely N-dealkylation sites (N-methyl/N-ethyl adjacent to an activating group) is 1. The molecule has 0 saturated heterocycles. The van der Waals surface area contributed by atoms with Crippen molar-refractivity contribution in [2.45, 2.75) is 32.1 Å². The van der Waals surface area contributed by atoms with E-state index in [0.717, 1.165) is 0 Å². The molecule has 0 amide bonds. The third-order valence-electron chi connectivity index (χ3n) is 1.80. The van der Waals surface area contributed by atoms with Gasteiger partial charge in [-0.2, -0.15) is 0 Å². The van der Waals surface area contributed by atoms with E-state index in [4.69, 9.17) is 4.52 Å². The number of rotatable bonds is 5. The molecule has 0 heterocycles. The highest BCUT2D eigenvalue weighted by atomic mass is 32.0. The van der Waals surface area contributed by atoms with Crippen LogP contribution in [-0.2, 0) is 4.52 Å². The summed E-state index contributed by atoms with van der Waals surface area (Å²) in [7, 11) is 7.37. The maximum Gasteiger partial charge on any atom is 0.103 e. The summed E-state index contributed by atoms with van der Waals surface area (Å²) in [5, 5.41) is 9.40. The predicted octanol–water partition coefficient (Wildman–Crippen LogP) is 1.25. The van der Waals surface area contributed by atoms with Gasteiger partial charge in [0.15, 0.2) is 0 Å². The monoisotopic (exact) mass is 229 g/mol. The highest BCUT2D eigenvalue weighted by Crippen LogP contribution is 2.28. The molecule has 0 aliphatic heterocycles. The van der Waals surface area contributed by atoms with Crippen LogP contribution in [0.15, 0.2) is 0 Å². The van der Waals surface area contributed by atoms with Crippen molar-refractivity contribution in [3.63, 3.8) is 0 Å². The van der Waals surface area contributed by atoms with Gasteiger partial charge in [0.05, 0.1) is 6.10 Å². The zero-order valence-corrected chi connectivity index (χ0v) is 11.0. The van der Waals surface area contributed by atoms with E-state index in [2.05, 4.69) is 18.3 Å². The van der Waals surface area contributed by atoms with Gasteiger partial charge in [-0.05, 0) is 20.9 Å². The summed E-state index contributed by atoms with van der Waals surface area (Å²) in [4.78, 5) is 0. The normalized spacial score (nSPS) is 20.2. The van der Waals surface area contributed by atoms with Gasteiger partial charge in [-0.1, -0.05) is 18.3 Å². The van der Waals surface area contributed by atoms with Gasteiger partial charge in [-0.15, -0.1) is 0 Å². The molecule has 0 saturated carbocycles. The van der Waals surface area contributed by atoms with Crippen molar-refractivity contribution < 1.29 is 9.63 Å². The SMILES string of the molecule is CC(O)C(OPP)C(C)N(C)P. The Labute approximate surface area is 80.8 Å². The number of hydrogen-bond donors (Lipinski definition) is 1. The van der Waals surface area contributed by atoms with Gasteiger partial charge in [0.2, 0.25) is 0 Å². The van der Waals surface area contributed by atoms with E-state index >= 15 is 0 Å². The van der Waals surface area contributed by atoms with Crippen LogP contribution in [0.25, 0.3) is 0 Å². The van der Waals surface area contributed by atoms with Crippen LogP contribution in [0.3, 0.4) is 0 Å². The van der Waals surface area contributed by atoms with Gasteiger partial charge in [-0.3, -0.25) is 4.67 Å². The molecule has 0 bridgehead atoms. The standard InChI is InChI=1S/C6H18NO2P3/c1-4(7(3)10)6(5(2)8)9-12-11/h4-6,8,12H,10-11H2,1-3H3. The fourth-order valence-electron chi connectivity index (χ4n) is 0.910. The number of nitrogens with zero attached hydrogens (tertiary/aromatic N) is 1. The molecule has 0 rings (SSSR count). The van der Waals surface area contributed by atoms with Crippen molar-refractivity contribution in [3.05, 3.63) is 0 Å². The molecule has 0 spiro atoms. The summed E-state index contributed by atoms with van der Waals surface area (Å²) < 4.78 is 7.37. The highest BCUT2D eigenvalue weighted by Gasteiger charge is 2.24. The van der Waals surface area contributed by atoms with E-state index in [-0.39, 0.29) is 12.1 Å². The molecule has 1 N–H and O–H groups in total. The topological polar surface area (TPSA) is 32.7 Å². The first-order chi connectivity index (χ1) is 5.50. The third kappa shape index (κ3) is 4.42. The van der Waals surface area contributed by atoms with Gasteiger partial charge in [0, 0.05) is 14.5 Å². The van der Waals surface area contributed by atoms with Crippen molar-refractivity contribution in [1.82, 2.24) is 4.67 Å².